The highest BCUT2D eigenvalue weighted by molar-refractivity contribution is 6.41. The van der Waals surface area contributed by atoms with Gasteiger partial charge in [0.15, 0.2) is 0 Å². The number of carbonyl (C=O) groups is 2. The molecule has 8 nitrogen and oxygen atoms in total. The molecule has 0 aliphatic carbocycles. The molecule has 0 radical (unpaired) electrons. The number of hydrogen-bond acceptors (Lipinski definition) is 5. The summed E-state index contributed by atoms with van der Waals surface area (Å²) in [4.78, 5) is 35.6. The quantitative estimate of drug-likeness (QED) is 0.157. The molecule has 1 rings (SSSR count). The molecule has 0 unspecified atom stereocenters. The van der Waals surface area contributed by atoms with Gasteiger partial charge in [0.2, 0.25) is 0 Å². The molecular formula is C12H9N3O5. The van der Waals surface area contributed by atoms with Crippen LogP contribution in [-0.4, -0.2) is 27.4 Å². The fourth-order valence-corrected chi connectivity index (χ4v) is 1.21. The normalized spacial score (nSPS) is 9.25. The van der Waals surface area contributed by atoms with Crippen molar-refractivity contribution in [3.63, 3.8) is 0 Å². The van der Waals surface area contributed by atoms with Crippen molar-refractivity contribution in [1.29, 1.82) is 0 Å². The first-order valence-corrected chi connectivity index (χ1v) is 5.25. The van der Waals surface area contributed by atoms with Gasteiger partial charge in [-0.2, -0.15) is 4.79 Å². The minimum atomic E-state index is -1.16. The van der Waals surface area contributed by atoms with Crippen molar-refractivity contribution in [2.75, 3.05) is 0 Å². The van der Waals surface area contributed by atoms with Gasteiger partial charge in [0, 0.05) is 17.7 Å². The van der Waals surface area contributed by atoms with Gasteiger partial charge in [-0.15, -0.1) is 0 Å². The van der Waals surface area contributed by atoms with Crippen molar-refractivity contribution < 1.29 is 24.0 Å². The SMILES string of the molecule is C=C(C)C(=[N+]=[N-])C(=O)OC(=O)c1ccc([N+](=O)[O-])cc1. The first-order chi connectivity index (χ1) is 9.36. The summed E-state index contributed by atoms with van der Waals surface area (Å²) in [6.45, 7) is 4.78. The second kappa shape index (κ2) is 6.17. The van der Waals surface area contributed by atoms with Crippen LogP contribution in [0.25, 0.3) is 5.53 Å². The Balaban J connectivity index is 2.86. The van der Waals surface area contributed by atoms with E-state index in [0.717, 1.165) is 24.3 Å². The Morgan fingerprint density at radius 1 is 1.35 bits per heavy atom. The van der Waals surface area contributed by atoms with Gasteiger partial charge in [-0.3, -0.25) is 10.1 Å². The van der Waals surface area contributed by atoms with Crippen molar-refractivity contribution in [3.05, 3.63) is 57.6 Å². The van der Waals surface area contributed by atoms with Gasteiger partial charge in [-0.25, -0.2) is 9.59 Å². The third-order valence-electron chi connectivity index (χ3n) is 2.20. The van der Waals surface area contributed by atoms with Gasteiger partial charge in [0.25, 0.3) is 5.69 Å². The summed E-state index contributed by atoms with van der Waals surface area (Å²) in [5.41, 5.74) is 7.97. The van der Waals surface area contributed by atoms with Crippen LogP contribution in [0.1, 0.15) is 17.3 Å². The molecule has 0 saturated heterocycles. The zero-order valence-electron chi connectivity index (χ0n) is 10.4. The van der Waals surface area contributed by atoms with Crippen LogP contribution in [0.2, 0.25) is 0 Å². The van der Waals surface area contributed by atoms with E-state index in [4.69, 9.17) is 5.53 Å². The summed E-state index contributed by atoms with van der Waals surface area (Å²) >= 11 is 0. The predicted octanol–water partition coefficient (Wildman–Crippen LogP) is 1.53. The maximum atomic E-state index is 11.6. The van der Waals surface area contributed by atoms with Crippen molar-refractivity contribution in [1.82, 2.24) is 0 Å². The van der Waals surface area contributed by atoms with Crippen LogP contribution in [-0.2, 0) is 9.53 Å². The molecule has 8 heteroatoms. The molecule has 0 aliphatic rings. The van der Waals surface area contributed by atoms with E-state index < -0.39 is 22.6 Å². The van der Waals surface area contributed by atoms with Crippen molar-refractivity contribution in [3.8, 4) is 0 Å². The molecule has 0 fully saturated rings. The Hall–Kier alpha value is -3.12. The zero-order chi connectivity index (χ0) is 15.3. The molecule has 0 N–H and O–H groups in total. The Morgan fingerprint density at radius 3 is 2.30 bits per heavy atom. The van der Waals surface area contributed by atoms with E-state index in [-0.39, 0.29) is 16.8 Å². The predicted molar refractivity (Wildman–Crippen MR) is 67.0 cm³/mol. The molecule has 0 heterocycles. The molecular weight excluding hydrogens is 266 g/mol. The minimum Gasteiger partial charge on any atom is -0.380 e. The summed E-state index contributed by atoms with van der Waals surface area (Å²) in [5.74, 6) is -2.18. The second-order valence-corrected chi connectivity index (χ2v) is 3.71. The number of rotatable bonds is 4. The molecule has 1 aromatic rings. The van der Waals surface area contributed by atoms with Crippen LogP contribution in [0, 0.1) is 10.1 Å². The first-order valence-electron chi connectivity index (χ1n) is 5.25. The first kappa shape index (κ1) is 14.9. The van der Waals surface area contributed by atoms with Crippen molar-refractivity contribution in [2.24, 2.45) is 0 Å². The monoisotopic (exact) mass is 275 g/mol. The third kappa shape index (κ3) is 3.44. The molecule has 0 spiro atoms. The Bertz CT molecular complexity index is 642. The smallest absolute Gasteiger partial charge is 0.380 e. The molecule has 0 atom stereocenters. The van der Waals surface area contributed by atoms with Crippen LogP contribution in [0.3, 0.4) is 0 Å². The van der Waals surface area contributed by atoms with Crippen LogP contribution in [0.5, 0.6) is 0 Å². The van der Waals surface area contributed by atoms with Gasteiger partial charge >= 0.3 is 17.7 Å². The largest absolute Gasteiger partial charge is 0.429 e. The highest BCUT2D eigenvalue weighted by atomic mass is 16.6. The number of esters is 2. The number of nitro groups is 1. The molecule has 102 valence electrons. The lowest BCUT2D eigenvalue weighted by Crippen LogP contribution is -2.22. The average Bonchev–Trinajstić information content (AvgIpc) is 2.39. The van der Waals surface area contributed by atoms with Gasteiger partial charge in [0.05, 0.1) is 10.5 Å². The van der Waals surface area contributed by atoms with E-state index in [9.17, 15) is 19.7 Å². The molecule has 0 amide bonds. The average molecular weight is 275 g/mol. The summed E-state index contributed by atoms with van der Waals surface area (Å²) in [5, 5.41) is 10.4. The van der Waals surface area contributed by atoms with Crippen LogP contribution in [0.4, 0.5) is 5.69 Å². The number of nitro benzene ring substituents is 1. The summed E-state index contributed by atoms with van der Waals surface area (Å²) < 4.78 is 4.45. The van der Waals surface area contributed by atoms with Crippen molar-refractivity contribution in [2.45, 2.75) is 6.92 Å². The fraction of sp³-hybridized carbons (Fsp3) is 0.0833. The minimum absolute atomic E-state index is 0.0528. The molecule has 20 heavy (non-hydrogen) atoms. The van der Waals surface area contributed by atoms with Gasteiger partial charge in [0.1, 0.15) is 0 Å². The lowest BCUT2D eigenvalue weighted by atomic mass is 10.2. The van der Waals surface area contributed by atoms with E-state index in [1.807, 2.05) is 0 Å². The molecule has 1 aromatic carbocycles. The van der Waals surface area contributed by atoms with Crippen LogP contribution >= 0.6 is 0 Å². The second-order valence-electron chi connectivity index (χ2n) is 3.71. The number of hydrogen-bond donors (Lipinski definition) is 0. The fourth-order valence-electron chi connectivity index (χ4n) is 1.21. The summed E-state index contributed by atoms with van der Waals surface area (Å²) in [6, 6.07) is 4.48. The van der Waals surface area contributed by atoms with E-state index in [0.29, 0.717) is 0 Å². The molecule has 0 saturated carbocycles. The zero-order valence-corrected chi connectivity index (χ0v) is 10.4. The van der Waals surface area contributed by atoms with Gasteiger partial charge in [-0.05, 0) is 19.1 Å². The van der Waals surface area contributed by atoms with Gasteiger partial charge < -0.3 is 10.3 Å². The van der Waals surface area contributed by atoms with E-state index in [1.165, 1.54) is 6.92 Å². The third-order valence-corrected chi connectivity index (χ3v) is 2.20. The maximum Gasteiger partial charge on any atom is 0.429 e. The Kier molecular flexibility index (Phi) is 4.61. The number of carbonyl (C=O) groups excluding carboxylic acids is 2. The topological polar surface area (TPSA) is 123 Å². The van der Waals surface area contributed by atoms with Crippen molar-refractivity contribution >= 4 is 23.3 Å². The van der Waals surface area contributed by atoms with E-state index >= 15 is 0 Å². The van der Waals surface area contributed by atoms with Crippen LogP contribution in [0.15, 0.2) is 36.4 Å². The number of ether oxygens (including phenoxy) is 1. The number of non-ortho nitro benzene ring substituents is 1. The van der Waals surface area contributed by atoms with E-state index in [1.54, 1.807) is 0 Å². The van der Waals surface area contributed by atoms with Gasteiger partial charge in [-0.1, -0.05) is 6.58 Å². The highest BCUT2D eigenvalue weighted by Gasteiger charge is 2.26. The summed E-state index contributed by atoms with van der Waals surface area (Å²) in [7, 11) is 0. The van der Waals surface area contributed by atoms with Crippen LogP contribution < -0.4 is 0 Å². The lowest BCUT2D eigenvalue weighted by molar-refractivity contribution is -0.384. The number of nitrogens with zero attached hydrogens (tertiary/aromatic N) is 3. The Morgan fingerprint density at radius 2 is 1.90 bits per heavy atom. The summed E-state index contributed by atoms with van der Waals surface area (Å²) in [6.07, 6.45) is 0. The lowest BCUT2D eigenvalue weighted by Gasteiger charge is -2.00. The standard InChI is InChI=1S/C12H9N3O5/c1-7(2)10(14-13)12(17)20-11(16)8-3-5-9(6-4-8)15(18)19/h3-6H,1H2,2H3. The molecule has 0 aromatic heterocycles. The highest BCUT2D eigenvalue weighted by Crippen LogP contribution is 2.12. The molecule has 0 bridgehead atoms. The number of benzene rings is 1. The maximum absolute atomic E-state index is 11.6. The molecule has 0 aliphatic heterocycles. The van der Waals surface area contributed by atoms with E-state index in [2.05, 4.69) is 16.1 Å². The Labute approximate surface area is 113 Å².